The van der Waals surface area contributed by atoms with Crippen LogP contribution in [0, 0.1) is 13.8 Å². The summed E-state index contributed by atoms with van der Waals surface area (Å²) in [5.74, 6) is 0.0377. The minimum atomic E-state index is -3.70. The van der Waals surface area contributed by atoms with Gasteiger partial charge in [-0.2, -0.15) is 4.98 Å². The number of carbonyl (C=O) groups is 1. The summed E-state index contributed by atoms with van der Waals surface area (Å²) in [6.07, 6.45) is 0.528. The maximum Gasteiger partial charge on any atom is 0.291 e. The Bertz CT molecular complexity index is 1070. The maximum absolute atomic E-state index is 12.2. The Morgan fingerprint density at radius 3 is 2.54 bits per heavy atom. The minimum absolute atomic E-state index is 0.0516. The number of fused-ring (bicyclic) bond motifs is 1. The summed E-state index contributed by atoms with van der Waals surface area (Å²) in [6, 6.07) is 8.05. The van der Waals surface area contributed by atoms with Crippen LogP contribution >= 0.6 is 0 Å². The first-order chi connectivity index (χ1) is 12.2. The van der Waals surface area contributed by atoms with Crippen molar-refractivity contribution in [2.75, 3.05) is 6.54 Å². The van der Waals surface area contributed by atoms with E-state index in [9.17, 15) is 13.2 Å². The van der Waals surface area contributed by atoms with Gasteiger partial charge in [0.15, 0.2) is 0 Å². The minimum Gasteiger partial charge on any atom is -0.349 e. The van der Waals surface area contributed by atoms with Crippen LogP contribution in [-0.4, -0.2) is 40.5 Å². The van der Waals surface area contributed by atoms with E-state index in [2.05, 4.69) is 20.4 Å². The zero-order chi connectivity index (χ0) is 18.9. The van der Waals surface area contributed by atoms with Crippen LogP contribution in [-0.2, 0) is 16.4 Å². The maximum atomic E-state index is 12.2. The van der Waals surface area contributed by atoms with E-state index in [1.807, 2.05) is 19.9 Å². The van der Waals surface area contributed by atoms with Gasteiger partial charge in [0.2, 0.25) is 15.8 Å². The molecule has 0 bridgehead atoms. The summed E-state index contributed by atoms with van der Waals surface area (Å²) in [5, 5.41) is 12.0. The lowest BCUT2D eigenvalue weighted by molar-refractivity contribution is 0.0944. The lowest BCUT2D eigenvalue weighted by atomic mass is 10.1. The number of carbonyl (C=O) groups excluding carboxylic acids is 1. The Hall–Kier alpha value is -2.85. The molecule has 10 heteroatoms. The number of sulfonamides is 1. The van der Waals surface area contributed by atoms with Crippen molar-refractivity contribution in [2.24, 2.45) is 5.14 Å². The number of aryl methyl sites for hydroxylation is 2. The molecule has 0 spiro atoms. The van der Waals surface area contributed by atoms with Crippen LogP contribution < -0.4 is 10.5 Å². The molecule has 0 aliphatic carbocycles. The van der Waals surface area contributed by atoms with Crippen LogP contribution in [0.4, 0.5) is 0 Å². The van der Waals surface area contributed by atoms with E-state index >= 15 is 0 Å². The number of nitrogens with zero attached hydrogens (tertiary/aromatic N) is 4. The van der Waals surface area contributed by atoms with Gasteiger partial charge in [0, 0.05) is 17.9 Å². The van der Waals surface area contributed by atoms with Crippen molar-refractivity contribution in [1.29, 1.82) is 0 Å². The fourth-order valence-electron chi connectivity index (χ4n) is 2.51. The van der Waals surface area contributed by atoms with Crippen LogP contribution in [0.3, 0.4) is 0 Å². The molecule has 1 aromatic carbocycles. The molecule has 0 fully saturated rings. The zero-order valence-corrected chi connectivity index (χ0v) is 15.1. The van der Waals surface area contributed by atoms with Crippen molar-refractivity contribution in [1.82, 2.24) is 24.9 Å². The van der Waals surface area contributed by atoms with Crippen molar-refractivity contribution in [3.63, 3.8) is 0 Å². The van der Waals surface area contributed by atoms with Gasteiger partial charge in [0.05, 0.1) is 4.90 Å². The number of hydrogen-bond acceptors (Lipinski definition) is 6. The van der Waals surface area contributed by atoms with Crippen LogP contribution in [0.15, 0.2) is 35.2 Å². The Morgan fingerprint density at radius 1 is 1.19 bits per heavy atom. The first kappa shape index (κ1) is 18.0. The van der Waals surface area contributed by atoms with Gasteiger partial charge in [-0.15, -0.1) is 5.10 Å². The van der Waals surface area contributed by atoms with Gasteiger partial charge in [0.25, 0.3) is 11.7 Å². The monoisotopic (exact) mass is 374 g/mol. The van der Waals surface area contributed by atoms with E-state index < -0.39 is 15.9 Å². The van der Waals surface area contributed by atoms with Gasteiger partial charge in [-0.3, -0.25) is 4.79 Å². The van der Waals surface area contributed by atoms with Gasteiger partial charge in [-0.1, -0.05) is 12.1 Å². The second-order valence-electron chi connectivity index (χ2n) is 5.88. The molecule has 2 aromatic heterocycles. The molecular formula is C16H18N6O3S. The molecule has 0 radical (unpaired) electrons. The van der Waals surface area contributed by atoms with Crippen molar-refractivity contribution in [2.45, 2.75) is 25.2 Å². The number of primary sulfonamides is 1. The first-order valence-electron chi connectivity index (χ1n) is 7.85. The molecule has 9 nitrogen and oxygen atoms in total. The number of aromatic nitrogens is 4. The summed E-state index contributed by atoms with van der Waals surface area (Å²) in [5.41, 5.74) is 2.51. The highest BCUT2D eigenvalue weighted by molar-refractivity contribution is 7.89. The average Bonchev–Trinajstić information content (AvgIpc) is 2.99. The number of amides is 1. The molecule has 0 unspecified atom stereocenters. The smallest absolute Gasteiger partial charge is 0.291 e. The third-order valence-electron chi connectivity index (χ3n) is 3.77. The number of nitrogens with two attached hydrogens (primary N) is 1. The highest BCUT2D eigenvalue weighted by Crippen LogP contribution is 2.09. The van der Waals surface area contributed by atoms with E-state index in [0.717, 1.165) is 17.0 Å². The quantitative estimate of drug-likeness (QED) is 0.663. The molecule has 1 amide bonds. The molecular weight excluding hydrogens is 356 g/mol. The lowest BCUT2D eigenvalue weighted by Gasteiger charge is -2.04. The molecule has 3 N–H and O–H groups in total. The van der Waals surface area contributed by atoms with E-state index in [1.165, 1.54) is 16.6 Å². The topological polar surface area (TPSA) is 132 Å². The lowest BCUT2D eigenvalue weighted by Crippen LogP contribution is -2.26. The highest BCUT2D eigenvalue weighted by atomic mass is 32.2. The van der Waals surface area contributed by atoms with Crippen molar-refractivity contribution >= 4 is 21.7 Å². The number of rotatable bonds is 5. The second kappa shape index (κ2) is 6.81. The Labute approximate surface area is 150 Å². The number of benzene rings is 1. The number of hydrogen-bond donors (Lipinski definition) is 2. The summed E-state index contributed by atoms with van der Waals surface area (Å²) < 4.78 is 24.0. The van der Waals surface area contributed by atoms with Crippen LogP contribution in [0.5, 0.6) is 0 Å². The molecule has 0 saturated heterocycles. The summed E-state index contributed by atoms with van der Waals surface area (Å²) >= 11 is 0. The van der Waals surface area contributed by atoms with Crippen molar-refractivity contribution in [3.8, 4) is 0 Å². The Kier molecular flexibility index (Phi) is 4.70. The number of nitrogens with one attached hydrogen (secondary N) is 1. The summed E-state index contributed by atoms with van der Waals surface area (Å²) in [4.78, 5) is 20.7. The normalized spacial score (nSPS) is 11.7. The first-order valence-corrected chi connectivity index (χ1v) is 9.39. The Balaban J connectivity index is 1.63. The molecule has 0 aliphatic rings. The predicted molar refractivity (Wildman–Crippen MR) is 94.1 cm³/mol. The molecule has 0 aliphatic heterocycles. The van der Waals surface area contributed by atoms with Gasteiger partial charge < -0.3 is 5.32 Å². The van der Waals surface area contributed by atoms with Crippen molar-refractivity contribution in [3.05, 3.63) is 53.1 Å². The van der Waals surface area contributed by atoms with E-state index in [1.54, 1.807) is 12.1 Å². The van der Waals surface area contributed by atoms with E-state index in [4.69, 9.17) is 5.14 Å². The average molecular weight is 374 g/mol. The zero-order valence-electron chi connectivity index (χ0n) is 14.3. The van der Waals surface area contributed by atoms with Crippen molar-refractivity contribution < 1.29 is 13.2 Å². The van der Waals surface area contributed by atoms with E-state index in [0.29, 0.717) is 18.7 Å². The fraction of sp³-hybridized carbons (Fsp3) is 0.250. The molecule has 136 valence electrons. The fourth-order valence-corrected chi connectivity index (χ4v) is 3.02. The van der Waals surface area contributed by atoms with Crippen LogP contribution in [0.25, 0.3) is 5.78 Å². The van der Waals surface area contributed by atoms with E-state index in [-0.39, 0.29) is 10.7 Å². The van der Waals surface area contributed by atoms with Crippen LogP contribution in [0.1, 0.15) is 27.6 Å². The van der Waals surface area contributed by atoms with Gasteiger partial charge in [-0.05, 0) is 44.0 Å². The van der Waals surface area contributed by atoms with Gasteiger partial charge in [-0.25, -0.2) is 23.1 Å². The third-order valence-corrected chi connectivity index (χ3v) is 4.70. The summed E-state index contributed by atoms with van der Waals surface area (Å²) in [7, 11) is -3.70. The molecule has 26 heavy (non-hydrogen) atoms. The summed E-state index contributed by atoms with van der Waals surface area (Å²) in [6.45, 7) is 4.07. The predicted octanol–water partition coefficient (Wildman–Crippen LogP) is 0.361. The molecule has 2 heterocycles. The molecule has 0 atom stereocenters. The SMILES string of the molecule is Cc1cc(C)n2nc(C(=O)NCCc3ccc(S(N)(=O)=O)cc3)nc2n1. The largest absolute Gasteiger partial charge is 0.349 e. The molecule has 3 aromatic rings. The second-order valence-corrected chi connectivity index (χ2v) is 7.44. The Morgan fingerprint density at radius 2 is 1.88 bits per heavy atom. The molecule has 3 rings (SSSR count). The van der Waals surface area contributed by atoms with Gasteiger partial charge >= 0.3 is 0 Å². The highest BCUT2D eigenvalue weighted by Gasteiger charge is 2.14. The standard InChI is InChI=1S/C16H18N6O3S/c1-10-9-11(2)22-16(19-10)20-14(21-22)15(23)18-8-7-12-3-5-13(6-4-12)26(17,24)25/h3-6,9H,7-8H2,1-2H3,(H,18,23)(H2,17,24,25). The van der Waals surface area contributed by atoms with Crippen LogP contribution in [0.2, 0.25) is 0 Å². The van der Waals surface area contributed by atoms with Gasteiger partial charge in [0.1, 0.15) is 0 Å². The molecule has 0 saturated carbocycles. The third kappa shape index (κ3) is 3.86.